The summed E-state index contributed by atoms with van der Waals surface area (Å²) in [6.07, 6.45) is 0. The predicted molar refractivity (Wildman–Crippen MR) is 101 cm³/mol. The molecule has 2 N–H and O–H groups in total. The Morgan fingerprint density at radius 3 is 2.31 bits per heavy atom. The van der Waals surface area contributed by atoms with E-state index in [0.717, 1.165) is 25.2 Å². The van der Waals surface area contributed by atoms with Gasteiger partial charge in [-0.3, -0.25) is 14.9 Å². The molecule has 7 heteroatoms. The van der Waals surface area contributed by atoms with E-state index in [2.05, 4.69) is 31.3 Å². The zero-order chi connectivity index (χ0) is 19.1. The predicted octanol–water partition coefficient (Wildman–Crippen LogP) is 2.60. The number of hydrogen-bond acceptors (Lipinski definition) is 3. The topological polar surface area (TPSA) is 76.7 Å². The molecular formula is C19H23ClN3O3+. The summed E-state index contributed by atoms with van der Waals surface area (Å²) in [6, 6.07) is 11.9. The fraction of sp³-hybridized carbons (Fsp3) is 0.316. The Bertz CT molecular complexity index is 774. The Morgan fingerprint density at radius 2 is 1.73 bits per heavy atom. The van der Waals surface area contributed by atoms with Crippen molar-refractivity contribution in [1.29, 1.82) is 0 Å². The number of nitro benzene ring substituents is 1. The SMILES string of the molecule is CC[NH+](CC)Cc1ccc(CNC(=O)c2cc([N+](=O)[O-])ccc2Cl)cc1. The van der Waals surface area contributed by atoms with Gasteiger partial charge in [0.25, 0.3) is 11.6 Å². The first-order valence-electron chi connectivity index (χ1n) is 8.58. The summed E-state index contributed by atoms with van der Waals surface area (Å²) in [4.78, 5) is 24.1. The van der Waals surface area contributed by atoms with E-state index in [1.165, 1.54) is 28.7 Å². The normalized spacial score (nSPS) is 10.8. The number of nitro groups is 1. The number of carbonyl (C=O) groups is 1. The number of quaternary nitrogens is 1. The third kappa shape index (κ3) is 5.28. The first-order valence-corrected chi connectivity index (χ1v) is 8.95. The minimum absolute atomic E-state index is 0.0996. The number of rotatable bonds is 8. The van der Waals surface area contributed by atoms with Crippen LogP contribution in [0.15, 0.2) is 42.5 Å². The average Bonchev–Trinajstić information content (AvgIpc) is 2.65. The van der Waals surface area contributed by atoms with Crippen LogP contribution >= 0.6 is 11.6 Å². The minimum Gasteiger partial charge on any atom is -0.348 e. The molecule has 0 saturated carbocycles. The molecule has 0 aliphatic carbocycles. The summed E-state index contributed by atoms with van der Waals surface area (Å²) in [7, 11) is 0. The fourth-order valence-electron chi connectivity index (χ4n) is 2.64. The Hall–Kier alpha value is -2.44. The van der Waals surface area contributed by atoms with Gasteiger partial charge in [0.1, 0.15) is 6.54 Å². The summed E-state index contributed by atoms with van der Waals surface area (Å²) in [6.45, 7) is 7.80. The molecule has 0 bridgehead atoms. The minimum atomic E-state index is -0.552. The summed E-state index contributed by atoms with van der Waals surface area (Å²) in [5.74, 6) is -0.435. The van der Waals surface area contributed by atoms with Crippen LogP contribution in [0.2, 0.25) is 5.02 Å². The van der Waals surface area contributed by atoms with Crippen molar-refractivity contribution in [3.05, 3.63) is 74.3 Å². The van der Waals surface area contributed by atoms with Gasteiger partial charge >= 0.3 is 0 Å². The van der Waals surface area contributed by atoms with Gasteiger partial charge in [0, 0.05) is 24.2 Å². The van der Waals surface area contributed by atoms with Crippen molar-refractivity contribution in [3.8, 4) is 0 Å². The van der Waals surface area contributed by atoms with Crippen molar-refractivity contribution in [2.24, 2.45) is 0 Å². The average molecular weight is 377 g/mol. The van der Waals surface area contributed by atoms with E-state index in [4.69, 9.17) is 11.6 Å². The quantitative estimate of drug-likeness (QED) is 0.549. The second-order valence-corrected chi connectivity index (χ2v) is 6.46. The maximum atomic E-state index is 12.3. The second kappa shape index (κ2) is 9.31. The molecule has 0 saturated heterocycles. The smallest absolute Gasteiger partial charge is 0.270 e. The summed E-state index contributed by atoms with van der Waals surface area (Å²) in [5, 5.41) is 13.8. The second-order valence-electron chi connectivity index (χ2n) is 6.05. The van der Waals surface area contributed by atoms with Gasteiger partial charge < -0.3 is 10.2 Å². The largest absolute Gasteiger partial charge is 0.348 e. The maximum Gasteiger partial charge on any atom is 0.270 e. The fourth-order valence-corrected chi connectivity index (χ4v) is 2.85. The van der Waals surface area contributed by atoms with Gasteiger partial charge in [0.2, 0.25) is 0 Å². The molecule has 0 heterocycles. The molecule has 1 amide bonds. The lowest BCUT2D eigenvalue weighted by Gasteiger charge is -2.15. The molecule has 26 heavy (non-hydrogen) atoms. The van der Waals surface area contributed by atoms with Crippen LogP contribution in [-0.4, -0.2) is 23.9 Å². The number of hydrogen-bond donors (Lipinski definition) is 2. The van der Waals surface area contributed by atoms with E-state index < -0.39 is 10.8 Å². The Balaban J connectivity index is 1.99. The highest BCUT2D eigenvalue weighted by atomic mass is 35.5. The summed E-state index contributed by atoms with van der Waals surface area (Å²) >= 11 is 5.99. The van der Waals surface area contributed by atoms with Crippen LogP contribution in [0.3, 0.4) is 0 Å². The summed E-state index contributed by atoms with van der Waals surface area (Å²) in [5.41, 5.74) is 2.14. The number of benzene rings is 2. The molecular weight excluding hydrogens is 354 g/mol. The molecule has 0 atom stereocenters. The van der Waals surface area contributed by atoms with Crippen molar-refractivity contribution in [2.45, 2.75) is 26.9 Å². The van der Waals surface area contributed by atoms with Crippen molar-refractivity contribution in [3.63, 3.8) is 0 Å². The monoisotopic (exact) mass is 376 g/mol. The molecule has 2 aromatic carbocycles. The van der Waals surface area contributed by atoms with Gasteiger partial charge in [-0.05, 0) is 25.5 Å². The first-order chi connectivity index (χ1) is 12.4. The van der Waals surface area contributed by atoms with Crippen LogP contribution in [0.5, 0.6) is 0 Å². The van der Waals surface area contributed by atoms with Crippen molar-refractivity contribution in [2.75, 3.05) is 13.1 Å². The van der Waals surface area contributed by atoms with Gasteiger partial charge in [-0.25, -0.2) is 0 Å². The molecule has 0 aliphatic rings. The lowest BCUT2D eigenvalue weighted by molar-refractivity contribution is -0.910. The molecule has 0 fully saturated rings. The highest BCUT2D eigenvalue weighted by molar-refractivity contribution is 6.33. The van der Waals surface area contributed by atoms with Gasteiger partial charge in [-0.1, -0.05) is 35.9 Å². The van der Waals surface area contributed by atoms with Crippen molar-refractivity contribution in [1.82, 2.24) is 5.32 Å². The standard InChI is InChI=1S/C19H22ClN3O3/c1-3-22(4-2)13-15-7-5-14(6-8-15)12-21-19(24)17-11-16(23(25)26)9-10-18(17)20/h5-11H,3-4,12-13H2,1-2H3,(H,21,24)/p+1. The van der Waals surface area contributed by atoms with E-state index in [0.29, 0.717) is 6.54 Å². The van der Waals surface area contributed by atoms with E-state index in [9.17, 15) is 14.9 Å². The number of nitrogens with one attached hydrogen (secondary N) is 2. The van der Waals surface area contributed by atoms with Gasteiger partial charge in [0.15, 0.2) is 0 Å². The van der Waals surface area contributed by atoms with Crippen molar-refractivity contribution < 1.29 is 14.6 Å². The Labute approximate surface area is 157 Å². The Morgan fingerprint density at radius 1 is 1.12 bits per heavy atom. The maximum absolute atomic E-state index is 12.3. The van der Waals surface area contributed by atoms with Gasteiger partial charge in [-0.15, -0.1) is 0 Å². The van der Waals surface area contributed by atoms with E-state index >= 15 is 0 Å². The number of carbonyl (C=O) groups excluding carboxylic acids is 1. The summed E-state index contributed by atoms with van der Waals surface area (Å²) < 4.78 is 0. The third-order valence-corrected chi connectivity index (χ3v) is 4.67. The number of amides is 1. The number of nitrogens with zero attached hydrogens (tertiary/aromatic N) is 1. The van der Waals surface area contributed by atoms with Crippen LogP contribution in [0.4, 0.5) is 5.69 Å². The molecule has 138 valence electrons. The van der Waals surface area contributed by atoms with Gasteiger partial charge in [-0.2, -0.15) is 0 Å². The molecule has 0 aliphatic heterocycles. The van der Waals surface area contributed by atoms with Gasteiger partial charge in [0.05, 0.1) is 28.6 Å². The molecule has 2 rings (SSSR count). The van der Waals surface area contributed by atoms with Crippen LogP contribution in [-0.2, 0) is 13.1 Å². The highest BCUT2D eigenvalue weighted by Gasteiger charge is 2.15. The van der Waals surface area contributed by atoms with E-state index in [-0.39, 0.29) is 16.3 Å². The number of halogens is 1. The zero-order valence-electron chi connectivity index (χ0n) is 14.9. The van der Waals surface area contributed by atoms with E-state index in [1.807, 2.05) is 12.1 Å². The molecule has 6 nitrogen and oxygen atoms in total. The highest BCUT2D eigenvalue weighted by Crippen LogP contribution is 2.22. The first kappa shape index (κ1) is 19.9. The molecule has 0 aromatic heterocycles. The van der Waals surface area contributed by atoms with Crippen molar-refractivity contribution >= 4 is 23.2 Å². The molecule has 0 radical (unpaired) electrons. The van der Waals surface area contributed by atoms with E-state index in [1.54, 1.807) is 0 Å². The zero-order valence-corrected chi connectivity index (χ0v) is 15.7. The van der Waals surface area contributed by atoms with Crippen LogP contribution < -0.4 is 10.2 Å². The molecule has 0 unspecified atom stereocenters. The van der Waals surface area contributed by atoms with Crippen LogP contribution in [0, 0.1) is 10.1 Å². The van der Waals surface area contributed by atoms with Crippen LogP contribution in [0.25, 0.3) is 0 Å². The number of non-ortho nitro benzene ring substituents is 1. The van der Waals surface area contributed by atoms with Crippen LogP contribution in [0.1, 0.15) is 35.3 Å². The Kier molecular flexibility index (Phi) is 7.12. The molecule has 0 spiro atoms. The molecule has 2 aromatic rings. The third-order valence-electron chi connectivity index (χ3n) is 4.34. The lowest BCUT2D eigenvalue weighted by atomic mass is 10.1. The lowest BCUT2D eigenvalue weighted by Crippen LogP contribution is -3.10.